The second kappa shape index (κ2) is 7.15. The van der Waals surface area contributed by atoms with Gasteiger partial charge in [-0.1, -0.05) is 35.4 Å². The molecule has 3 heteroatoms. The van der Waals surface area contributed by atoms with E-state index in [1.165, 1.54) is 18.4 Å². The van der Waals surface area contributed by atoms with E-state index >= 15 is 0 Å². The number of nitrogens with one attached hydrogen (secondary N) is 1. The van der Waals surface area contributed by atoms with Crippen LogP contribution in [0.25, 0.3) is 6.08 Å². The number of rotatable bonds is 4. The van der Waals surface area contributed by atoms with Crippen molar-refractivity contribution >= 4 is 23.6 Å². The molecule has 0 aliphatic heterocycles. The minimum atomic E-state index is -0.0542. The van der Waals surface area contributed by atoms with Crippen molar-refractivity contribution in [1.82, 2.24) is 5.32 Å². The van der Waals surface area contributed by atoms with Crippen molar-refractivity contribution in [1.29, 1.82) is 0 Å². The topological polar surface area (TPSA) is 29.1 Å². The second-order valence-corrected chi connectivity index (χ2v) is 5.15. The Morgan fingerprint density at radius 1 is 1.26 bits per heavy atom. The fourth-order valence-corrected chi connectivity index (χ4v) is 2.20. The highest BCUT2D eigenvalue weighted by atomic mass is 35.5. The average molecular weight is 276 g/mol. The van der Waals surface area contributed by atoms with E-state index in [0.29, 0.717) is 11.6 Å². The van der Waals surface area contributed by atoms with Gasteiger partial charge in [0.2, 0.25) is 5.91 Å². The van der Waals surface area contributed by atoms with Gasteiger partial charge >= 0.3 is 0 Å². The summed E-state index contributed by atoms with van der Waals surface area (Å²) in [5.41, 5.74) is 2.32. The van der Waals surface area contributed by atoms with E-state index < -0.39 is 0 Å². The number of hydrogen-bond donors (Lipinski definition) is 1. The highest BCUT2D eigenvalue weighted by Crippen LogP contribution is 2.16. The molecule has 1 N–H and O–H groups in total. The van der Waals surface area contributed by atoms with E-state index in [1.54, 1.807) is 12.2 Å². The zero-order chi connectivity index (χ0) is 13.5. The minimum Gasteiger partial charge on any atom is -0.349 e. The maximum absolute atomic E-state index is 11.7. The predicted octanol–water partition coefficient (Wildman–Crippen LogP) is 3.97. The van der Waals surface area contributed by atoms with Crippen LogP contribution in [0.1, 0.15) is 31.2 Å². The number of hydrogen-bond acceptors (Lipinski definition) is 1. The minimum absolute atomic E-state index is 0.0542. The Morgan fingerprint density at radius 3 is 2.74 bits per heavy atom. The Balaban J connectivity index is 1.80. The highest BCUT2D eigenvalue weighted by molar-refractivity contribution is 6.30. The third kappa shape index (κ3) is 4.92. The number of benzene rings is 1. The highest BCUT2D eigenvalue weighted by Gasteiger charge is 2.04. The van der Waals surface area contributed by atoms with E-state index in [9.17, 15) is 4.79 Å². The maximum Gasteiger partial charge on any atom is 0.244 e. The summed E-state index contributed by atoms with van der Waals surface area (Å²) in [6.07, 6.45) is 10.4. The lowest BCUT2D eigenvalue weighted by molar-refractivity contribution is -0.116. The van der Waals surface area contributed by atoms with E-state index in [4.69, 9.17) is 11.6 Å². The van der Waals surface area contributed by atoms with Crippen LogP contribution in [0.4, 0.5) is 0 Å². The molecule has 0 aromatic heterocycles. The van der Waals surface area contributed by atoms with Crippen LogP contribution in [0.5, 0.6) is 0 Å². The molecule has 0 spiro atoms. The van der Waals surface area contributed by atoms with E-state index in [-0.39, 0.29) is 5.91 Å². The third-order valence-electron chi connectivity index (χ3n) is 3.17. The van der Waals surface area contributed by atoms with Gasteiger partial charge in [0.05, 0.1) is 0 Å². The molecule has 0 saturated carbocycles. The monoisotopic (exact) mass is 275 g/mol. The summed E-state index contributed by atoms with van der Waals surface area (Å²) in [4.78, 5) is 11.7. The number of amides is 1. The Morgan fingerprint density at radius 2 is 2.05 bits per heavy atom. The lowest BCUT2D eigenvalue weighted by atomic mass is 10.00. The first-order chi connectivity index (χ1) is 9.24. The number of allylic oxidation sites excluding steroid dienone is 1. The Hall–Kier alpha value is -1.54. The second-order valence-electron chi connectivity index (χ2n) is 4.71. The standard InChI is InChI=1S/C16H18ClNO/c17-15-9-6-13(7-10-15)8-11-16(19)18-12-14-4-2-1-3-5-14/h4,6-11H,1-3,5,12H2,(H,18,19)/b11-8+. The Bertz CT molecular complexity index is 488. The lowest BCUT2D eigenvalue weighted by Crippen LogP contribution is -2.24. The van der Waals surface area contributed by atoms with Crippen molar-refractivity contribution in [2.75, 3.05) is 6.54 Å². The first-order valence-electron chi connectivity index (χ1n) is 6.63. The Labute approximate surface area is 119 Å². The first kappa shape index (κ1) is 13.9. The van der Waals surface area contributed by atoms with Crippen molar-refractivity contribution in [2.24, 2.45) is 0 Å². The molecule has 0 fully saturated rings. The van der Waals surface area contributed by atoms with E-state index in [2.05, 4.69) is 11.4 Å². The molecule has 0 unspecified atom stereocenters. The van der Waals surface area contributed by atoms with Crippen LogP contribution in [0.2, 0.25) is 5.02 Å². The van der Waals surface area contributed by atoms with Gasteiger partial charge in [0.15, 0.2) is 0 Å². The molecule has 0 heterocycles. The fraction of sp³-hybridized carbons (Fsp3) is 0.312. The van der Waals surface area contributed by atoms with E-state index in [0.717, 1.165) is 18.4 Å². The van der Waals surface area contributed by atoms with Crippen LogP contribution in [0.15, 0.2) is 42.0 Å². The molecule has 1 aliphatic rings. The van der Waals surface area contributed by atoms with Gasteiger partial charge in [-0.05, 0) is 49.5 Å². The third-order valence-corrected chi connectivity index (χ3v) is 3.42. The van der Waals surface area contributed by atoms with Crippen molar-refractivity contribution < 1.29 is 4.79 Å². The molecule has 2 nitrogen and oxygen atoms in total. The smallest absolute Gasteiger partial charge is 0.244 e. The SMILES string of the molecule is O=C(/C=C/c1ccc(Cl)cc1)NCC1=CCCCC1. The largest absolute Gasteiger partial charge is 0.349 e. The number of carbonyl (C=O) groups excluding carboxylic acids is 1. The normalized spacial score (nSPS) is 15.3. The zero-order valence-electron chi connectivity index (χ0n) is 10.9. The molecule has 0 radical (unpaired) electrons. The zero-order valence-corrected chi connectivity index (χ0v) is 11.6. The number of halogens is 1. The quantitative estimate of drug-likeness (QED) is 0.654. The molecule has 1 aliphatic carbocycles. The molecule has 0 bridgehead atoms. The molecular weight excluding hydrogens is 258 g/mol. The summed E-state index contributed by atoms with van der Waals surface area (Å²) in [6, 6.07) is 7.39. The molecule has 100 valence electrons. The van der Waals surface area contributed by atoms with Crippen LogP contribution in [-0.4, -0.2) is 12.5 Å². The summed E-state index contributed by atoms with van der Waals surface area (Å²) >= 11 is 5.80. The van der Waals surface area contributed by atoms with Crippen LogP contribution < -0.4 is 5.32 Å². The van der Waals surface area contributed by atoms with Gasteiger partial charge in [-0.25, -0.2) is 0 Å². The summed E-state index contributed by atoms with van der Waals surface area (Å²) in [7, 11) is 0. The molecule has 1 aromatic rings. The van der Waals surface area contributed by atoms with Gasteiger partial charge in [-0.3, -0.25) is 4.79 Å². The van der Waals surface area contributed by atoms with Gasteiger partial charge < -0.3 is 5.32 Å². The Kier molecular flexibility index (Phi) is 5.22. The molecular formula is C16H18ClNO. The van der Waals surface area contributed by atoms with Crippen molar-refractivity contribution in [3.63, 3.8) is 0 Å². The van der Waals surface area contributed by atoms with Crippen molar-refractivity contribution in [2.45, 2.75) is 25.7 Å². The van der Waals surface area contributed by atoms with Crippen LogP contribution in [0.3, 0.4) is 0 Å². The van der Waals surface area contributed by atoms with E-state index in [1.807, 2.05) is 24.3 Å². The first-order valence-corrected chi connectivity index (χ1v) is 7.01. The summed E-state index contributed by atoms with van der Waals surface area (Å²) in [5, 5.41) is 3.61. The van der Waals surface area contributed by atoms with Crippen molar-refractivity contribution in [3.8, 4) is 0 Å². The molecule has 1 aromatic carbocycles. The van der Waals surface area contributed by atoms with Crippen LogP contribution in [0, 0.1) is 0 Å². The fourth-order valence-electron chi connectivity index (χ4n) is 2.07. The predicted molar refractivity (Wildman–Crippen MR) is 80.0 cm³/mol. The summed E-state index contributed by atoms with van der Waals surface area (Å²) < 4.78 is 0. The van der Waals surface area contributed by atoms with Gasteiger partial charge in [0.1, 0.15) is 0 Å². The van der Waals surface area contributed by atoms with Gasteiger partial charge in [-0.15, -0.1) is 0 Å². The lowest BCUT2D eigenvalue weighted by Gasteiger charge is -2.12. The van der Waals surface area contributed by atoms with Crippen LogP contribution >= 0.6 is 11.6 Å². The maximum atomic E-state index is 11.7. The molecule has 0 saturated heterocycles. The molecule has 2 rings (SSSR count). The summed E-state index contributed by atoms with van der Waals surface area (Å²) in [6.45, 7) is 0.670. The van der Waals surface area contributed by atoms with Gasteiger partial charge in [0.25, 0.3) is 0 Å². The molecule has 19 heavy (non-hydrogen) atoms. The molecule has 0 atom stereocenters. The number of carbonyl (C=O) groups is 1. The van der Waals surface area contributed by atoms with Gasteiger partial charge in [-0.2, -0.15) is 0 Å². The average Bonchev–Trinajstić information content (AvgIpc) is 2.45. The van der Waals surface area contributed by atoms with Gasteiger partial charge in [0, 0.05) is 17.6 Å². The van der Waals surface area contributed by atoms with Crippen molar-refractivity contribution in [3.05, 3.63) is 52.6 Å². The van der Waals surface area contributed by atoms with Crippen LogP contribution in [-0.2, 0) is 4.79 Å². The summed E-state index contributed by atoms with van der Waals surface area (Å²) in [5.74, 6) is -0.0542. The molecule has 1 amide bonds.